The molecule has 0 atom stereocenters. The average molecular weight is 323 g/mol. The fraction of sp³-hybridized carbons (Fsp3) is 0.375. The van der Waals surface area contributed by atoms with Gasteiger partial charge in [0.1, 0.15) is 12.4 Å². The minimum atomic E-state index is 0.562. The van der Waals surface area contributed by atoms with Crippen molar-refractivity contribution in [1.82, 2.24) is 0 Å². The summed E-state index contributed by atoms with van der Waals surface area (Å²) in [6, 6.07) is 12.3. The Balaban J connectivity index is 1.96. The number of fused-ring (bicyclic) bond motifs is 1. The van der Waals surface area contributed by atoms with Crippen molar-refractivity contribution in [3.05, 3.63) is 40.9 Å². The summed E-state index contributed by atoms with van der Waals surface area (Å²) in [4.78, 5) is 0. The quantitative estimate of drug-likeness (QED) is 0.720. The monoisotopic (exact) mass is 322 g/mol. The molecule has 0 aliphatic heterocycles. The van der Waals surface area contributed by atoms with Crippen molar-refractivity contribution >= 4 is 26.7 Å². The van der Waals surface area contributed by atoms with E-state index in [1.165, 1.54) is 10.8 Å². The van der Waals surface area contributed by atoms with E-state index in [1.54, 1.807) is 0 Å². The second kappa shape index (κ2) is 6.92. The Morgan fingerprint density at radius 2 is 1.84 bits per heavy atom. The van der Waals surface area contributed by atoms with Gasteiger partial charge in [0.25, 0.3) is 0 Å². The van der Waals surface area contributed by atoms with E-state index in [0.717, 1.165) is 16.8 Å². The van der Waals surface area contributed by atoms with E-state index in [-0.39, 0.29) is 0 Å². The van der Waals surface area contributed by atoms with Crippen molar-refractivity contribution in [1.29, 1.82) is 0 Å². The average Bonchev–Trinajstić information content (AvgIpc) is 2.41. The minimum absolute atomic E-state index is 0.562. The summed E-state index contributed by atoms with van der Waals surface area (Å²) >= 11 is 3.61. The largest absolute Gasteiger partial charge is 0.490 e. The van der Waals surface area contributed by atoms with E-state index < -0.39 is 0 Å². The number of hydrogen-bond donors (Lipinski definition) is 0. The minimum Gasteiger partial charge on any atom is -0.490 e. The Morgan fingerprint density at radius 3 is 2.63 bits per heavy atom. The predicted molar refractivity (Wildman–Crippen MR) is 82.8 cm³/mol. The molecule has 2 rings (SSSR count). The number of rotatable bonds is 6. The van der Waals surface area contributed by atoms with E-state index in [2.05, 4.69) is 48.0 Å². The topological polar surface area (TPSA) is 18.5 Å². The maximum Gasteiger partial charge on any atom is 0.134 e. The number of halogens is 1. The zero-order valence-corrected chi connectivity index (χ0v) is 12.9. The summed E-state index contributed by atoms with van der Waals surface area (Å²) in [6.45, 7) is 6.25. The molecule has 0 unspecified atom stereocenters. The van der Waals surface area contributed by atoms with Gasteiger partial charge in [-0.15, -0.1) is 0 Å². The molecule has 0 aliphatic rings. The molecule has 0 N–H and O–H groups in total. The van der Waals surface area contributed by atoms with Gasteiger partial charge in [-0.2, -0.15) is 0 Å². The Hall–Kier alpha value is -1.06. The highest BCUT2D eigenvalue weighted by atomic mass is 79.9. The van der Waals surface area contributed by atoms with Gasteiger partial charge in [-0.05, 0) is 38.7 Å². The molecule has 0 aromatic heterocycles. The normalized spacial score (nSPS) is 11.2. The fourth-order valence-corrected chi connectivity index (χ4v) is 2.46. The van der Waals surface area contributed by atoms with Gasteiger partial charge >= 0.3 is 0 Å². The second-order valence-corrected chi connectivity index (χ2v) is 5.71. The van der Waals surface area contributed by atoms with E-state index in [0.29, 0.717) is 19.1 Å². The molecule has 2 aromatic carbocycles. The van der Waals surface area contributed by atoms with Crippen LogP contribution in [0.5, 0.6) is 5.75 Å². The summed E-state index contributed by atoms with van der Waals surface area (Å²) < 4.78 is 12.3. The molecule has 3 heteroatoms. The van der Waals surface area contributed by atoms with Gasteiger partial charge < -0.3 is 9.47 Å². The first-order valence-corrected chi connectivity index (χ1v) is 7.35. The van der Waals surface area contributed by atoms with Crippen LogP contribution in [0.4, 0.5) is 0 Å². The molecule has 19 heavy (non-hydrogen) atoms. The molecule has 0 radical (unpaired) electrons. The van der Waals surface area contributed by atoms with E-state index in [4.69, 9.17) is 9.47 Å². The van der Waals surface area contributed by atoms with Crippen LogP contribution >= 0.6 is 15.9 Å². The number of ether oxygens (including phenoxy) is 2. The molecular weight excluding hydrogens is 304 g/mol. The van der Waals surface area contributed by atoms with Gasteiger partial charge in [0.2, 0.25) is 0 Å². The summed E-state index contributed by atoms with van der Waals surface area (Å²) in [6.07, 6.45) is 0. The highest BCUT2D eigenvalue weighted by molar-refractivity contribution is 9.10. The van der Waals surface area contributed by atoms with Crippen LogP contribution in [-0.4, -0.2) is 19.8 Å². The summed E-state index contributed by atoms with van der Waals surface area (Å²) in [5, 5.41) is 2.38. The third-order valence-corrected chi connectivity index (χ3v) is 3.58. The lowest BCUT2D eigenvalue weighted by atomic mass is 10.1. The Labute approximate surface area is 122 Å². The molecule has 0 amide bonds. The van der Waals surface area contributed by atoms with E-state index in [9.17, 15) is 0 Å². The van der Waals surface area contributed by atoms with Crippen LogP contribution in [0, 0.1) is 5.92 Å². The van der Waals surface area contributed by atoms with Gasteiger partial charge in [0.05, 0.1) is 11.1 Å². The highest BCUT2D eigenvalue weighted by Crippen LogP contribution is 2.32. The molecule has 0 spiro atoms. The molecule has 0 saturated heterocycles. The number of benzene rings is 2. The molecular formula is C16H19BrO2. The third kappa shape index (κ3) is 3.95. The highest BCUT2D eigenvalue weighted by Gasteiger charge is 2.05. The van der Waals surface area contributed by atoms with Crippen molar-refractivity contribution in [2.45, 2.75) is 13.8 Å². The van der Waals surface area contributed by atoms with E-state index >= 15 is 0 Å². The van der Waals surface area contributed by atoms with Gasteiger partial charge in [-0.25, -0.2) is 0 Å². The van der Waals surface area contributed by atoms with E-state index in [1.807, 2.05) is 18.2 Å². The third-order valence-electron chi connectivity index (χ3n) is 2.76. The zero-order chi connectivity index (χ0) is 13.7. The Morgan fingerprint density at radius 1 is 1.05 bits per heavy atom. The smallest absolute Gasteiger partial charge is 0.134 e. The summed E-state index contributed by atoms with van der Waals surface area (Å²) in [5.41, 5.74) is 0. The molecule has 0 heterocycles. The molecule has 0 saturated carbocycles. The molecule has 0 bridgehead atoms. The van der Waals surface area contributed by atoms with Crippen molar-refractivity contribution in [2.75, 3.05) is 19.8 Å². The van der Waals surface area contributed by atoms with Crippen LogP contribution in [-0.2, 0) is 4.74 Å². The maximum atomic E-state index is 5.75. The Bertz CT molecular complexity index is 537. The van der Waals surface area contributed by atoms with Gasteiger partial charge in [0, 0.05) is 6.61 Å². The fourth-order valence-electron chi connectivity index (χ4n) is 1.85. The summed E-state index contributed by atoms with van der Waals surface area (Å²) in [7, 11) is 0. The first-order valence-electron chi connectivity index (χ1n) is 6.56. The van der Waals surface area contributed by atoms with Crippen molar-refractivity contribution < 1.29 is 9.47 Å². The molecule has 2 nitrogen and oxygen atoms in total. The standard InChI is InChI=1S/C16H19BrO2/c1-12(2)11-18-9-10-19-15-8-7-13-5-3-4-6-14(13)16(15)17/h3-8,12H,9-11H2,1-2H3. The van der Waals surface area contributed by atoms with Crippen LogP contribution in [0.15, 0.2) is 40.9 Å². The second-order valence-electron chi connectivity index (χ2n) is 4.92. The van der Waals surface area contributed by atoms with Crippen LogP contribution in [0.2, 0.25) is 0 Å². The van der Waals surface area contributed by atoms with Crippen LogP contribution < -0.4 is 4.74 Å². The maximum absolute atomic E-state index is 5.75. The van der Waals surface area contributed by atoms with Crippen molar-refractivity contribution in [3.63, 3.8) is 0 Å². The first-order chi connectivity index (χ1) is 9.18. The molecule has 2 aromatic rings. The van der Waals surface area contributed by atoms with Crippen LogP contribution in [0.1, 0.15) is 13.8 Å². The molecule has 102 valence electrons. The van der Waals surface area contributed by atoms with Crippen molar-refractivity contribution in [3.8, 4) is 5.75 Å². The first kappa shape index (κ1) is 14.4. The predicted octanol–water partition coefficient (Wildman–Crippen LogP) is 4.65. The van der Waals surface area contributed by atoms with Crippen LogP contribution in [0.3, 0.4) is 0 Å². The Kier molecular flexibility index (Phi) is 5.23. The van der Waals surface area contributed by atoms with Gasteiger partial charge in [-0.3, -0.25) is 0 Å². The van der Waals surface area contributed by atoms with Crippen molar-refractivity contribution in [2.24, 2.45) is 5.92 Å². The SMILES string of the molecule is CC(C)COCCOc1ccc2ccccc2c1Br. The zero-order valence-electron chi connectivity index (χ0n) is 11.4. The molecule has 0 aliphatic carbocycles. The number of hydrogen-bond acceptors (Lipinski definition) is 2. The lowest BCUT2D eigenvalue weighted by molar-refractivity contribution is 0.0817. The van der Waals surface area contributed by atoms with Crippen LogP contribution in [0.25, 0.3) is 10.8 Å². The molecule has 0 fully saturated rings. The van der Waals surface area contributed by atoms with Gasteiger partial charge in [0.15, 0.2) is 0 Å². The van der Waals surface area contributed by atoms with Gasteiger partial charge in [-0.1, -0.05) is 44.2 Å². The lowest BCUT2D eigenvalue weighted by Crippen LogP contribution is -2.10. The summed E-state index contributed by atoms with van der Waals surface area (Å²) in [5.74, 6) is 1.43. The lowest BCUT2D eigenvalue weighted by Gasteiger charge is -2.11.